The zero-order chi connectivity index (χ0) is 23.6. The first-order chi connectivity index (χ1) is 15.7. The lowest BCUT2D eigenvalue weighted by Gasteiger charge is -2.33. The van der Waals surface area contributed by atoms with Crippen molar-refractivity contribution in [3.05, 3.63) is 76.7 Å². The van der Waals surface area contributed by atoms with Crippen molar-refractivity contribution in [3.8, 4) is 0 Å². The van der Waals surface area contributed by atoms with E-state index in [1.54, 1.807) is 0 Å². The van der Waals surface area contributed by atoms with Crippen molar-refractivity contribution >= 4 is 39.9 Å². The number of rotatable bonds is 6. The minimum atomic E-state index is -0.933. The highest BCUT2D eigenvalue weighted by Crippen LogP contribution is 2.32. The van der Waals surface area contributed by atoms with Crippen LogP contribution in [0, 0.1) is 5.82 Å². The summed E-state index contributed by atoms with van der Waals surface area (Å²) in [6.45, 7) is 5.49. The number of amides is 2. The molecule has 0 radical (unpaired) electrons. The van der Waals surface area contributed by atoms with Crippen LogP contribution in [0.25, 0.3) is 11.0 Å². The Morgan fingerprint density at radius 3 is 2.48 bits per heavy atom. The second-order valence-corrected chi connectivity index (χ2v) is 9.61. The van der Waals surface area contributed by atoms with E-state index in [4.69, 9.17) is 0 Å². The number of benzene rings is 2. The average molecular weight is 466 g/mol. The molecule has 2 amide bonds. The lowest BCUT2D eigenvalue weighted by Crippen LogP contribution is -2.50. The van der Waals surface area contributed by atoms with E-state index in [-0.39, 0.29) is 18.4 Å². The molecule has 2 aromatic carbocycles. The smallest absolute Gasteiger partial charge is 0.249 e. The van der Waals surface area contributed by atoms with E-state index in [0.29, 0.717) is 21.6 Å². The number of aromatic nitrogens is 3. The van der Waals surface area contributed by atoms with Gasteiger partial charge >= 0.3 is 0 Å². The first kappa shape index (κ1) is 22.6. The first-order valence-corrected chi connectivity index (χ1v) is 11.3. The molecule has 7 nitrogen and oxygen atoms in total. The van der Waals surface area contributed by atoms with E-state index in [1.807, 2.05) is 62.5 Å². The Morgan fingerprint density at radius 1 is 1.09 bits per heavy atom. The molecule has 1 N–H and O–H groups in total. The molecule has 2 aromatic heterocycles. The maximum atomic E-state index is 13.7. The van der Waals surface area contributed by atoms with E-state index in [9.17, 15) is 14.0 Å². The molecule has 0 bridgehead atoms. The molecular formula is C24H24FN5O2S. The van der Waals surface area contributed by atoms with Gasteiger partial charge in [0, 0.05) is 16.1 Å². The number of halogens is 1. The van der Waals surface area contributed by atoms with Crippen LogP contribution in [-0.4, -0.2) is 32.3 Å². The summed E-state index contributed by atoms with van der Waals surface area (Å²) in [6, 6.07) is 15.6. The monoisotopic (exact) mass is 465 g/mol. The summed E-state index contributed by atoms with van der Waals surface area (Å²) < 4.78 is 15.2. The summed E-state index contributed by atoms with van der Waals surface area (Å²) >= 11 is 1.38. The number of hydrogen-bond acceptors (Lipinski definition) is 5. The Balaban J connectivity index is 1.77. The number of nitrogens with zero attached hydrogens (tertiary/aromatic N) is 4. The van der Waals surface area contributed by atoms with Gasteiger partial charge < -0.3 is 5.32 Å². The molecular weight excluding hydrogens is 441 g/mol. The Bertz CT molecular complexity index is 1260. The SMILES string of the molecule is CC(C)(C)NC(=O)[C@@H](c1cccs1)N(C(=O)Cn1nnc2ccccc21)c1ccc(F)cc1. The maximum Gasteiger partial charge on any atom is 0.249 e. The third-order valence-electron chi connectivity index (χ3n) is 4.90. The van der Waals surface area contributed by atoms with Gasteiger partial charge in [0.2, 0.25) is 11.8 Å². The summed E-state index contributed by atoms with van der Waals surface area (Å²) in [5, 5.41) is 13.1. The number of anilines is 1. The summed E-state index contributed by atoms with van der Waals surface area (Å²) in [4.78, 5) is 29.3. The lowest BCUT2D eigenvalue weighted by molar-refractivity contribution is -0.127. The van der Waals surface area contributed by atoms with E-state index in [2.05, 4.69) is 15.6 Å². The number of carbonyl (C=O) groups excluding carboxylic acids is 2. The van der Waals surface area contributed by atoms with Gasteiger partial charge in [-0.05, 0) is 68.6 Å². The standard InChI is InChI=1S/C24H24FN5O2S/c1-24(2,3)26-23(32)22(20-9-6-14-33-20)30(17-12-10-16(25)11-13-17)21(31)15-29-19-8-5-4-7-18(19)27-28-29/h4-14,22H,15H2,1-3H3,(H,26,32)/t22-/m1/s1. The van der Waals surface area contributed by atoms with Gasteiger partial charge in [-0.3, -0.25) is 14.5 Å². The number of hydrogen-bond donors (Lipinski definition) is 1. The van der Waals surface area contributed by atoms with Gasteiger partial charge in [-0.25, -0.2) is 9.07 Å². The van der Waals surface area contributed by atoms with Crippen LogP contribution >= 0.6 is 11.3 Å². The number of para-hydroxylation sites is 1. The number of thiophene rings is 1. The largest absolute Gasteiger partial charge is 0.349 e. The molecule has 0 fully saturated rings. The Kier molecular flexibility index (Phi) is 6.24. The van der Waals surface area contributed by atoms with Crippen LogP contribution in [0.1, 0.15) is 31.7 Å². The molecule has 170 valence electrons. The summed E-state index contributed by atoms with van der Waals surface area (Å²) in [6.07, 6.45) is 0. The Morgan fingerprint density at radius 2 is 1.82 bits per heavy atom. The number of fused-ring (bicyclic) bond motifs is 1. The molecule has 4 rings (SSSR count). The number of carbonyl (C=O) groups is 2. The van der Waals surface area contributed by atoms with E-state index in [1.165, 1.54) is 45.2 Å². The highest BCUT2D eigenvalue weighted by atomic mass is 32.1. The first-order valence-electron chi connectivity index (χ1n) is 10.4. The van der Waals surface area contributed by atoms with Crippen LogP contribution in [0.15, 0.2) is 66.0 Å². The minimum absolute atomic E-state index is 0.136. The summed E-state index contributed by atoms with van der Waals surface area (Å²) in [5.41, 5.74) is 1.27. The minimum Gasteiger partial charge on any atom is -0.349 e. The molecule has 0 spiro atoms. The van der Waals surface area contributed by atoms with Crippen molar-refractivity contribution in [1.82, 2.24) is 20.3 Å². The normalized spacial score (nSPS) is 12.5. The van der Waals surface area contributed by atoms with Gasteiger partial charge in [-0.1, -0.05) is 23.4 Å². The van der Waals surface area contributed by atoms with Crippen molar-refractivity contribution in [1.29, 1.82) is 0 Å². The Hall–Kier alpha value is -3.59. The van der Waals surface area contributed by atoms with Crippen molar-refractivity contribution in [2.45, 2.75) is 38.9 Å². The van der Waals surface area contributed by atoms with E-state index < -0.39 is 17.4 Å². The van der Waals surface area contributed by atoms with Crippen molar-refractivity contribution in [3.63, 3.8) is 0 Å². The molecule has 0 aliphatic rings. The van der Waals surface area contributed by atoms with Gasteiger partial charge in [0.05, 0.1) is 5.52 Å². The van der Waals surface area contributed by atoms with Gasteiger partial charge in [0.15, 0.2) is 0 Å². The molecule has 33 heavy (non-hydrogen) atoms. The maximum absolute atomic E-state index is 13.7. The summed E-state index contributed by atoms with van der Waals surface area (Å²) in [5.74, 6) is -1.13. The van der Waals surface area contributed by atoms with Gasteiger partial charge in [-0.15, -0.1) is 16.4 Å². The third kappa shape index (κ3) is 5.09. The molecule has 0 aliphatic heterocycles. The predicted molar refractivity (Wildman–Crippen MR) is 126 cm³/mol. The fourth-order valence-electron chi connectivity index (χ4n) is 3.54. The number of nitrogens with one attached hydrogen (secondary N) is 1. The molecule has 0 unspecified atom stereocenters. The molecule has 9 heteroatoms. The second-order valence-electron chi connectivity index (χ2n) is 8.63. The van der Waals surface area contributed by atoms with Crippen LogP contribution in [0.3, 0.4) is 0 Å². The lowest BCUT2D eigenvalue weighted by atomic mass is 10.1. The van der Waals surface area contributed by atoms with Gasteiger partial charge in [0.25, 0.3) is 0 Å². The summed E-state index contributed by atoms with van der Waals surface area (Å²) in [7, 11) is 0. The molecule has 4 aromatic rings. The van der Waals surface area contributed by atoms with Crippen LogP contribution in [-0.2, 0) is 16.1 Å². The van der Waals surface area contributed by atoms with Crippen LogP contribution in [0.5, 0.6) is 0 Å². The van der Waals surface area contributed by atoms with Crippen LogP contribution < -0.4 is 10.2 Å². The van der Waals surface area contributed by atoms with E-state index >= 15 is 0 Å². The second kappa shape index (κ2) is 9.11. The van der Waals surface area contributed by atoms with Crippen molar-refractivity contribution in [2.24, 2.45) is 0 Å². The topological polar surface area (TPSA) is 80.1 Å². The highest BCUT2D eigenvalue weighted by molar-refractivity contribution is 7.10. The van der Waals surface area contributed by atoms with E-state index in [0.717, 1.165) is 0 Å². The molecule has 1 atom stereocenters. The fraction of sp³-hybridized carbons (Fsp3) is 0.250. The van der Waals surface area contributed by atoms with Crippen molar-refractivity contribution < 1.29 is 14.0 Å². The van der Waals surface area contributed by atoms with Crippen LogP contribution in [0.4, 0.5) is 10.1 Å². The molecule has 0 saturated carbocycles. The average Bonchev–Trinajstić information content (AvgIpc) is 3.42. The zero-order valence-corrected chi connectivity index (χ0v) is 19.3. The van der Waals surface area contributed by atoms with Crippen molar-refractivity contribution in [2.75, 3.05) is 4.90 Å². The highest BCUT2D eigenvalue weighted by Gasteiger charge is 2.35. The van der Waals surface area contributed by atoms with Gasteiger partial charge in [0.1, 0.15) is 23.9 Å². The molecule has 0 aliphatic carbocycles. The Labute approximate surface area is 194 Å². The molecule has 0 saturated heterocycles. The predicted octanol–water partition coefficient (Wildman–Crippen LogP) is 4.32. The van der Waals surface area contributed by atoms with Gasteiger partial charge in [-0.2, -0.15) is 0 Å². The molecule has 2 heterocycles. The zero-order valence-electron chi connectivity index (χ0n) is 18.5. The third-order valence-corrected chi connectivity index (χ3v) is 5.82. The fourth-order valence-corrected chi connectivity index (χ4v) is 4.35. The quantitative estimate of drug-likeness (QED) is 0.460. The van der Waals surface area contributed by atoms with Crippen LogP contribution in [0.2, 0.25) is 0 Å².